The molecule has 7 heteroatoms. The normalized spacial score (nSPS) is 12.2. The van der Waals surface area contributed by atoms with E-state index >= 15 is 0 Å². The number of hydrogen-bond acceptors (Lipinski definition) is 6. The first-order chi connectivity index (χ1) is 30.7. The molecule has 0 spiro atoms. The van der Waals surface area contributed by atoms with Gasteiger partial charge in [0.25, 0.3) is 0 Å². The van der Waals surface area contributed by atoms with E-state index in [1.54, 1.807) is 0 Å². The molecule has 0 fully saturated rings. The maximum Gasteiger partial charge on any atom is 0.170 e. The Labute approximate surface area is 351 Å². The summed E-state index contributed by atoms with van der Waals surface area (Å²) in [6, 6.07) is 62.7. The number of rotatable bonds is 4. The Hall–Kier alpha value is -8.55. The third-order valence-electron chi connectivity index (χ3n) is 12.5. The fourth-order valence-corrected chi connectivity index (χ4v) is 9.67. The van der Waals surface area contributed by atoms with Crippen LogP contribution >= 0.6 is 0 Å². The van der Waals surface area contributed by atoms with Gasteiger partial charge < -0.3 is 17.8 Å². The van der Waals surface area contributed by atoms with Crippen molar-refractivity contribution in [2.45, 2.75) is 0 Å². The highest BCUT2D eigenvalue weighted by Gasteiger charge is 2.26. The number of fused-ring (bicyclic) bond motifs is 13. The van der Waals surface area contributed by atoms with E-state index in [4.69, 9.17) is 28.2 Å². The predicted octanol–water partition coefficient (Wildman–Crippen LogP) is 14.8. The molecule has 0 bridgehead atoms. The summed E-state index contributed by atoms with van der Waals surface area (Å²) in [7, 11) is 0. The molecule has 5 aromatic heterocycles. The molecule has 0 aliphatic carbocycles. The highest BCUT2D eigenvalue weighted by molar-refractivity contribution is 6.17. The minimum Gasteiger partial charge on any atom is -0.455 e. The van der Waals surface area contributed by atoms with E-state index in [9.17, 15) is 0 Å². The average Bonchev–Trinajstić information content (AvgIpc) is 4.09. The third-order valence-corrected chi connectivity index (χ3v) is 12.5. The number of aromatic nitrogens is 4. The van der Waals surface area contributed by atoms with Crippen LogP contribution in [0.15, 0.2) is 195 Å². The summed E-state index contributed by atoms with van der Waals surface area (Å²) >= 11 is 0. The van der Waals surface area contributed by atoms with Gasteiger partial charge in [-0.2, -0.15) is 0 Å². The zero-order valence-corrected chi connectivity index (χ0v) is 32.8. The maximum absolute atomic E-state index is 6.93. The van der Waals surface area contributed by atoms with E-state index in [0.717, 1.165) is 98.6 Å². The lowest BCUT2D eigenvalue weighted by atomic mass is 10.0. The molecule has 0 amide bonds. The number of para-hydroxylation sites is 6. The van der Waals surface area contributed by atoms with Crippen LogP contribution in [-0.4, -0.2) is 19.5 Å². The fourth-order valence-electron chi connectivity index (χ4n) is 9.67. The highest BCUT2D eigenvalue weighted by atomic mass is 16.3. The van der Waals surface area contributed by atoms with Crippen molar-refractivity contribution in [1.29, 1.82) is 0 Å². The zero-order valence-electron chi connectivity index (χ0n) is 32.8. The topological polar surface area (TPSA) is 83.0 Å². The van der Waals surface area contributed by atoms with Gasteiger partial charge in [0.15, 0.2) is 17.5 Å². The van der Waals surface area contributed by atoms with Gasteiger partial charge in [-0.3, -0.25) is 0 Å². The first-order valence-corrected chi connectivity index (χ1v) is 20.7. The molecule has 0 saturated carbocycles. The third kappa shape index (κ3) is 4.67. The van der Waals surface area contributed by atoms with Crippen LogP contribution in [0.4, 0.5) is 0 Å². The van der Waals surface area contributed by atoms with Gasteiger partial charge in [0.05, 0.1) is 33.4 Å². The Morgan fingerprint density at radius 1 is 0.323 bits per heavy atom. The number of nitrogens with zero attached hydrogens (tertiary/aromatic N) is 4. The van der Waals surface area contributed by atoms with E-state index in [-0.39, 0.29) is 0 Å². The molecule has 5 heterocycles. The van der Waals surface area contributed by atoms with E-state index in [2.05, 4.69) is 108 Å². The van der Waals surface area contributed by atoms with Crippen molar-refractivity contribution in [3.8, 4) is 39.9 Å². The molecule has 0 radical (unpaired) electrons. The SMILES string of the molecule is c1ccc2cc3c(cc2c1)c1ccccc1n3-c1ccc2c(oc3ccccc32)c1-c1nc(-c2cccc3c2oc2ccccc23)nc(-c2cccc3c2oc2ccccc23)n1. The Balaban J connectivity index is 1.14. The number of hydrogen-bond donors (Lipinski definition) is 0. The summed E-state index contributed by atoms with van der Waals surface area (Å²) in [4.78, 5) is 16.2. The van der Waals surface area contributed by atoms with Crippen molar-refractivity contribution in [3.05, 3.63) is 182 Å². The molecule has 0 atom stereocenters. The van der Waals surface area contributed by atoms with Crippen LogP contribution in [0.5, 0.6) is 0 Å². The molecule has 0 N–H and O–H groups in total. The second-order valence-corrected chi connectivity index (χ2v) is 15.9. The van der Waals surface area contributed by atoms with Crippen LogP contribution in [0.3, 0.4) is 0 Å². The predicted molar refractivity (Wildman–Crippen MR) is 250 cm³/mol. The molecule has 62 heavy (non-hydrogen) atoms. The minimum atomic E-state index is 0.456. The van der Waals surface area contributed by atoms with Gasteiger partial charge in [-0.05, 0) is 71.4 Å². The first-order valence-electron chi connectivity index (χ1n) is 20.7. The summed E-state index contributed by atoms with van der Waals surface area (Å²) in [5.74, 6) is 1.39. The van der Waals surface area contributed by atoms with Crippen molar-refractivity contribution in [3.63, 3.8) is 0 Å². The molecular weight excluding hydrogens is 765 g/mol. The van der Waals surface area contributed by atoms with Crippen LogP contribution in [0.25, 0.3) is 138 Å². The van der Waals surface area contributed by atoms with Gasteiger partial charge in [0, 0.05) is 43.1 Å². The zero-order chi connectivity index (χ0) is 40.5. The van der Waals surface area contributed by atoms with Crippen LogP contribution in [0.1, 0.15) is 0 Å². The summed E-state index contributed by atoms with van der Waals surface area (Å²) in [6.45, 7) is 0. The van der Waals surface area contributed by atoms with Gasteiger partial charge in [0.1, 0.15) is 33.5 Å². The van der Waals surface area contributed by atoms with Crippen LogP contribution in [0, 0.1) is 0 Å². The van der Waals surface area contributed by atoms with E-state index in [1.165, 1.54) is 5.39 Å². The molecule has 0 saturated heterocycles. The molecule has 0 aliphatic heterocycles. The summed E-state index contributed by atoms with van der Waals surface area (Å²) in [5, 5.41) is 10.6. The molecule has 0 unspecified atom stereocenters. The fraction of sp³-hybridized carbons (Fsp3) is 0. The van der Waals surface area contributed by atoms with Gasteiger partial charge in [-0.25, -0.2) is 15.0 Å². The van der Waals surface area contributed by atoms with Crippen molar-refractivity contribution >= 4 is 98.4 Å². The lowest BCUT2D eigenvalue weighted by Gasteiger charge is -2.15. The first kappa shape index (κ1) is 33.3. The van der Waals surface area contributed by atoms with Crippen LogP contribution < -0.4 is 0 Å². The second-order valence-electron chi connectivity index (χ2n) is 15.9. The summed E-state index contributed by atoms with van der Waals surface area (Å²) in [5.41, 5.74) is 9.71. The molecule has 0 aliphatic rings. The van der Waals surface area contributed by atoms with E-state index in [1.807, 2.05) is 78.9 Å². The van der Waals surface area contributed by atoms with Crippen molar-refractivity contribution in [1.82, 2.24) is 19.5 Å². The van der Waals surface area contributed by atoms with Crippen molar-refractivity contribution in [2.24, 2.45) is 0 Å². The second kappa shape index (κ2) is 12.5. The molecule has 9 aromatic carbocycles. The maximum atomic E-state index is 6.93. The Bertz CT molecular complexity index is 4060. The average molecular weight is 795 g/mol. The van der Waals surface area contributed by atoms with Crippen molar-refractivity contribution in [2.75, 3.05) is 0 Å². The molecule has 7 nitrogen and oxygen atoms in total. The molecular formula is C55H30N4O3. The lowest BCUT2D eigenvalue weighted by molar-refractivity contribution is 0.669. The smallest absolute Gasteiger partial charge is 0.170 e. The molecule has 14 rings (SSSR count). The highest BCUT2D eigenvalue weighted by Crippen LogP contribution is 2.44. The molecule has 14 aromatic rings. The van der Waals surface area contributed by atoms with Crippen LogP contribution in [0.2, 0.25) is 0 Å². The monoisotopic (exact) mass is 794 g/mol. The van der Waals surface area contributed by atoms with E-state index < -0.39 is 0 Å². The standard InChI is InChI=1S/C55H30N4O3/c1-2-14-32-30-45-42(29-31(32)13-1)33-15-3-7-23-43(33)59(45)44-28-27-39-36-18-6-10-26-48(36)62-52(39)49(44)55-57-53(40-21-11-19-37-34-16-4-8-24-46(34)60-50(37)40)56-54(58-55)41-22-12-20-38-35-17-5-9-25-47(35)61-51(38)41/h1-30H. The van der Waals surface area contributed by atoms with Gasteiger partial charge >= 0.3 is 0 Å². The quantitative estimate of drug-likeness (QED) is 0.176. The van der Waals surface area contributed by atoms with Gasteiger partial charge in [0.2, 0.25) is 0 Å². The minimum absolute atomic E-state index is 0.456. The lowest BCUT2D eigenvalue weighted by Crippen LogP contribution is -2.04. The Morgan fingerprint density at radius 2 is 0.790 bits per heavy atom. The summed E-state index contributed by atoms with van der Waals surface area (Å²) in [6.07, 6.45) is 0. The van der Waals surface area contributed by atoms with Crippen LogP contribution in [-0.2, 0) is 0 Å². The number of benzene rings is 9. The van der Waals surface area contributed by atoms with Crippen molar-refractivity contribution < 1.29 is 13.3 Å². The summed E-state index contributed by atoms with van der Waals surface area (Å²) < 4.78 is 22.5. The largest absolute Gasteiger partial charge is 0.455 e. The Morgan fingerprint density at radius 3 is 1.40 bits per heavy atom. The van der Waals surface area contributed by atoms with Gasteiger partial charge in [-0.15, -0.1) is 0 Å². The van der Waals surface area contributed by atoms with E-state index in [0.29, 0.717) is 34.2 Å². The molecule has 288 valence electrons. The Kier molecular flexibility index (Phi) is 6.71. The number of furan rings is 3. The van der Waals surface area contributed by atoms with Gasteiger partial charge in [-0.1, -0.05) is 121 Å².